The Morgan fingerprint density at radius 1 is 1.44 bits per heavy atom. The normalized spacial score (nSPS) is 24.2. The molecular weight excluding hydrogens is 206 g/mol. The average molecular weight is 227 g/mol. The van der Waals surface area contributed by atoms with Crippen LogP contribution in [0.3, 0.4) is 0 Å². The molecule has 92 valence electrons. The molecule has 1 saturated heterocycles. The van der Waals surface area contributed by atoms with Crippen molar-refractivity contribution >= 4 is 11.8 Å². The Labute approximate surface area is 96.6 Å². The second kappa shape index (κ2) is 5.30. The largest absolute Gasteiger partial charge is 0.355 e. The first-order valence-electron chi connectivity index (χ1n) is 5.65. The quantitative estimate of drug-likeness (QED) is 0.686. The van der Waals surface area contributed by atoms with E-state index >= 15 is 0 Å². The van der Waals surface area contributed by atoms with Crippen LogP contribution in [-0.4, -0.2) is 50.4 Å². The van der Waals surface area contributed by atoms with E-state index in [0.717, 1.165) is 19.5 Å². The van der Waals surface area contributed by atoms with Crippen molar-refractivity contribution in [3.63, 3.8) is 0 Å². The van der Waals surface area contributed by atoms with Crippen LogP contribution in [0.15, 0.2) is 0 Å². The summed E-state index contributed by atoms with van der Waals surface area (Å²) in [5.74, 6) is 0.0825. The fourth-order valence-corrected chi connectivity index (χ4v) is 1.73. The van der Waals surface area contributed by atoms with Gasteiger partial charge in [-0.05, 0) is 19.9 Å². The van der Waals surface area contributed by atoms with Crippen LogP contribution in [0.25, 0.3) is 0 Å². The van der Waals surface area contributed by atoms with E-state index in [1.807, 2.05) is 6.92 Å². The minimum absolute atomic E-state index is 0.0370. The second-order valence-electron chi connectivity index (χ2n) is 4.78. The van der Waals surface area contributed by atoms with Crippen molar-refractivity contribution < 1.29 is 9.59 Å². The Hall–Kier alpha value is -1.10. The zero-order chi connectivity index (χ0) is 12.2. The van der Waals surface area contributed by atoms with Crippen molar-refractivity contribution in [1.82, 2.24) is 15.5 Å². The second-order valence-corrected chi connectivity index (χ2v) is 4.78. The number of hydrogen-bond donors (Lipinski definition) is 2. The number of nitrogens with one attached hydrogen (secondary N) is 2. The summed E-state index contributed by atoms with van der Waals surface area (Å²) in [6.07, 6.45) is 1.22. The highest BCUT2D eigenvalue weighted by Crippen LogP contribution is 2.24. The lowest BCUT2D eigenvalue weighted by atomic mass is 9.89. The highest BCUT2D eigenvalue weighted by atomic mass is 16.2. The lowest BCUT2D eigenvalue weighted by Gasteiger charge is -2.21. The Bertz CT molecular complexity index is 270. The molecule has 2 N–H and O–H groups in total. The predicted octanol–water partition coefficient (Wildman–Crippen LogP) is -0.419. The molecule has 1 atom stereocenters. The standard InChI is InChI=1S/C11H21N3O2/c1-11(5-7-12-8-11)10(16)13-6-4-9(15)14(2)3/h12H,4-8H2,1-3H3,(H,13,16). The van der Waals surface area contributed by atoms with Gasteiger partial charge in [0.15, 0.2) is 0 Å². The maximum absolute atomic E-state index is 11.8. The highest BCUT2D eigenvalue weighted by Gasteiger charge is 2.35. The number of hydrogen-bond acceptors (Lipinski definition) is 3. The summed E-state index contributed by atoms with van der Waals surface area (Å²) >= 11 is 0. The molecule has 0 aromatic carbocycles. The van der Waals surface area contributed by atoms with E-state index in [9.17, 15) is 9.59 Å². The van der Waals surface area contributed by atoms with Crippen molar-refractivity contribution in [2.24, 2.45) is 5.41 Å². The van der Waals surface area contributed by atoms with Gasteiger partial charge in [-0.3, -0.25) is 9.59 Å². The van der Waals surface area contributed by atoms with Crippen molar-refractivity contribution in [2.45, 2.75) is 19.8 Å². The summed E-state index contributed by atoms with van der Waals surface area (Å²) in [5.41, 5.74) is -0.304. The molecule has 1 aliphatic heterocycles. The fraction of sp³-hybridized carbons (Fsp3) is 0.818. The smallest absolute Gasteiger partial charge is 0.227 e. The first-order chi connectivity index (χ1) is 7.46. The van der Waals surface area contributed by atoms with Gasteiger partial charge in [0.1, 0.15) is 0 Å². The Morgan fingerprint density at radius 3 is 2.62 bits per heavy atom. The number of nitrogens with zero attached hydrogens (tertiary/aromatic N) is 1. The van der Waals surface area contributed by atoms with Crippen LogP contribution in [0.1, 0.15) is 19.8 Å². The molecule has 0 bridgehead atoms. The highest BCUT2D eigenvalue weighted by molar-refractivity contribution is 5.83. The third kappa shape index (κ3) is 3.20. The molecule has 1 heterocycles. The molecule has 0 aromatic rings. The third-order valence-corrected chi connectivity index (χ3v) is 3.04. The van der Waals surface area contributed by atoms with Crippen LogP contribution in [0.5, 0.6) is 0 Å². The van der Waals surface area contributed by atoms with Gasteiger partial charge in [0.05, 0.1) is 5.41 Å². The summed E-state index contributed by atoms with van der Waals surface area (Å²) < 4.78 is 0. The predicted molar refractivity (Wildman–Crippen MR) is 61.9 cm³/mol. The molecule has 0 radical (unpaired) electrons. The Kier molecular flexibility index (Phi) is 4.29. The molecule has 1 rings (SSSR count). The summed E-state index contributed by atoms with van der Waals surface area (Å²) in [7, 11) is 3.43. The van der Waals surface area contributed by atoms with E-state index < -0.39 is 0 Å². The minimum atomic E-state index is -0.304. The van der Waals surface area contributed by atoms with Gasteiger partial charge in [0, 0.05) is 33.6 Å². The van der Waals surface area contributed by atoms with E-state index in [4.69, 9.17) is 0 Å². The van der Waals surface area contributed by atoms with Crippen molar-refractivity contribution in [3.05, 3.63) is 0 Å². The lowest BCUT2D eigenvalue weighted by molar-refractivity contribution is -0.130. The lowest BCUT2D eigenvalue weighted by Crippen LogP contribution is -2.41. The number of rotatable bonds is 4. The van der Waals surface area contributed by atoms with Crippen LogP contribution in [0, 0.1) is 5.41 Å². The van der Waals surface area contributed by atoms with Gasteiger partial charge in [0.25, 0.3) is 0 Å². The summed E-state index contributed by atoms with van der Waals surface area (Å²) in [5, 5.41) is 6.00. The van der Waals surface area contributed by atoms with Crippen LogP contribution in [0.2, 0.25) is 0 Å². The molecule has 0 saturated carbocycles. The van der Waals surface area contributed by atoms with Crippen molar-refractivity contribution in [1.29, 1.82) is 0 Å². The number of carbonyl (C=O) groups is 2. The van der Waals surface area contributed by atoms with E-state index in [1.54, 1.807) is 14.1 Å². The van der Waals surface area contributed by atoms with E-state index in [2.05, 4.69) is 10.6 Å². The zero-order valence-electron chi connectivity index (χ0n) is 10.3. The van der Waals surface area contributed by atoms with Gasteiger partial charge in [-0.15, -0.1) is 0 Å². The first-order valence-corrected chi connectivity index (χ1v) is 5.65. The van der Waals surface area contributed by atoms with E-state index in [0.29, 0.717) is 13.0 Å². The molecule has 2 amide bonds. The molecule has 5 nitrogen and oxygen atoms in total. The Balaban J connectivity index is 2.28. The van der Waals surface area contributed by atoms with E-state index in [1.165, 1.54) is 4.90 Å². The molecule has 0 aliphatic carbocycles. The first kappa shape index (κ1) is 13.0. The summed E-state index contributed by atoms with van der Waals surface area (Å²) in [4.78, 5) is 24.7. The monoisotopic (exact) mass is 227 g/mol. The topological polar surface area (TPSA) is 61.4 Å². The molecule has 1 unspecified atom stereocenters. The zero-order valence-corrected chi connectivity index (χ0v) is 10.3. The van der Waals surface area contributed by atoms with Crippen molar-refractivity contribution in [2.75, 3.05) is 33.7 Å². The SMILES string of the molecule is CN(C)C(=O)CCNC(=O)C1(C)CCNC1. The molecular formula is C11H21N3O2. The molecule has 1 fully saturated rings. The third-order valence-electron chi connectivity index (χ3n) is 3.04. The summed E-state index contributed by atoms with van der Waals surface area (Å²) in [6, 6.07) is 0. The minimum Gasteiger partial charge on any atom is -0.355 e. The maximum atomic E-state index is 11.8. The molecule has 1 aliphatic rings. The van der Waals surface area contributed by atoms with Gasteiger partial charge in [0.2, 0.25) is 11.8 Å². The van der Waals surface area contributed by atoms with Crippen LogP contribution < -0.4 is 10.6 Å². The molecule has 5 heteroatoms. The van der Waals surface area contributed by atoms with Gasteiger partial charge in [-0.25, -0.2) is 0 Å². The average Bonchev–Trinajstić information content (AvgIpc) is 2.66. The van der Waals surface area contributed by atoms with Crippen LogP contribution in [-0.2, 0) is 9.59 Å². The maximum Gasteiger partial charge on any atom is 0.227 e. The summed E-state index contributed by atoms with van der Waals surface area (Å²) in [6.45, 7) is 3.99. The van der Waals surface area contributed by atoms with Crippen LogP contribution >= 0.6 is 0 Å². The molecule has 0 spiro atoms. The fourth-order valence-electron chi connectivity index (χ4n) is 1.73. The van der Waals surface area contributed by atoms with Crippen molar-refractivity contribution in [3.8, 4) is 0 Å². The van der Waals surface area contributed by atoms with Gasteiger partial charge >= 0.3 is 0 Å². The molecule has 16 heavy (non-hydrogen) atoms. The van der Waals surface area contributed by atoms with Gasteiger partial charge in [-0.2, -0.15) is 0 Å². The van der Waals surface area contributed by atoms with Crippen LogP contribution in [0.4, 0.5) is 0 Å². The number of carbonyl (C=O) groups excluding carboxylic acids is 2. The number of amides is 2. The van der Waals surface area contributed by atoms with Gasteiger partial charge in [-0.1, -0.05) is 0 Å². The Morgan fingerprint density at radius 2 is 2.12 bits per heavy atom. The van der Waals surface area contributed by atoms with E-state index in [-0.39, 0.29) is 17.2 Å². The molecule has 0 aromatic heterocycles. The van der Waals surface area contributed by atoms with Gasteiger partial charge < -0.3 is 15.5 Å².